The Morgan fingerprint density at radius 3 is 1.19 bits per heavy atom. The van der Waals surface area contributed by atoms with Crippen molar-refractivity contribution in [1.82, 2.24) is 0 Å². The van der Waals surface area contributed by atoms with E-state index in [0.29, 0.717) is 83.7 Å². The van der Waals surface area contributed by atoms with E-state index in [1.54, 1.807) is 52.1 Å². The zero-order chi connectivity index (χ0) is 105. The monoisotopic (exact) mass is 2030 g/mol. The molecule has 15 saturated carbocycles. The fourth-order valence-electron chi connectivity index (χ4n) is 38.6. The fraction of sp³-hybridized carbons (Fsp3) is 0.674. The number of phenols is 3. The molecule has 4 aromatic carbocycles. The summed E-state index contributed by atoms with van der Waals surface area (Å²) in [6.07, 6.45) is 81.7. The van der Waals surface area contributed by atoms with Gasteiger partial charge in [0.05, 0.1) is 26.1 Å². The number of methoxy groups -OCH3 is 1. The average molecular weight is 2030 g/mol. The summed E-state index contributed by atoms with van der Waals surface area (Å²) in [6, 6.07) is 19.2. The highest BCUT2D eigenvalue weighted by atomic mass is 16.6. The number of rotatable bonds is 18. The van der Waals surface area contributed by atoms with E-state index in [2.05, 4.69) is 277 Å². The summed E-state index contributed by atoms with van der Waals surface area (Å²) in [5, 5.41) is 33.8. The van der Waals surface area contributed by atoms with Gasteiger partial charge in [0.1, 0.15) is 17.2 Å². The summed E-state index contributed by atoms with van der Waals surface area (Å²) in [4.78, 5) is 23.4. The van der Waals surface area contributed by atoms with E-state index in [4.69, 9.17) is 18.9 Å². The standard InChI is InChI=1S/C36H52O2.C25H36O3.C20H30.C17H20O3.C16H22O.C15H18.C12H14/c1-33(2,3)26-17-23(18-27(31(26)37)34(4,5)6)30(25-16-21-13-14-22(25)15-21)24-19-28(35(7,8)9)32(38)29(20-24)36(10,11)12;1-24(2,3)20-13-17(14-21(23(20)27)25(4,5)6)8-10-22(26)28-15-19-12-16-7-9-18(19)11-16;1-2-4-13(5-3-1)6-7-14-10-17-12-18(14)20-16-9-8-15(11-16)19(17)20;1-11(18)20-16-6-4-13(10-17(16)19-2)9-15-8-12-3-5-14(15)7-12;1-9(2)17-8-13-6-12-7-14(13)16-11-4-3-10(5-11)15(12)16;1-2-10-11(3-1)13-7-12(10)14-8-4-5-9(6-8)15(13)14;1-2-8-5-7(1)11-9-3-4-10(6-9)12(8)11/h13-14,17-22,25,30,37-38H,15-16H2,1-12H3;7,9,13-14,16,18-19,27H,8,10-12,15H2,1-6H3;8-9,13-20H,1-7,10-12H2;3-6,10,12,14-15H,7-9H2,1-2H3;3-4,10-16H,1,5-8H2,2H3;1-2,4-5,8-15H,3,6-7H2;1-4,7-12H,5-6H2. The molecule has 35 atom stereocenters. The van der Waals surface area contributed by atoms with Crippen molar-refractivity contribution in [1.29, 1.82) is 0 Å². The van der Waals surface area contributed by atoms with Crippen LogP contribution in [-0.4, -0.2) is 47.6 Å². The molecule has 28 rings (SSSR count). The second-order valence-corrected chi connectivity index (χ2v) is 60.2. The van der Waals surface area contributed by atoms with E-state index in [9.17, 15) is 24.9 Å². The summed E-state index contributed by atoms with van der Waals surface area (Å²) in [5.41, 5.74) is 9.89. The Hall–Kier alpha value is -7.78. The predicted molar refractivity (Wildman–Crippen MR) is 612 cm³/mol. The molecule has 9 nitrogen and oxygen atoms in total. The molecule has 0 aliphatic heterocycles. The zero-order valence-corrected chi connectivity index (χ0v) is 96.1. The number of hydrogen-bond donors (Lipinski definition) is 3. The van der Waals surface area contributed by atoms with E-state index in [1.165, 1.54) is 126 Å². The maximum Gasteiger partial charge on any atom is 0.308 e. The number of esters is 2. The summed E-state index contributed by atoms with van der Waals surface area (Å²) in [6.45, 7) is 47.7. The Morgan fingerprint density at radius 1 is 0.360 bits per heavy atom. The fourth-order valence-corrected chi connectivity index (χ4v) is 38.6. The van der Waals surface area contributed by atoms with Gasteiger partial charge in [0.15, 0.2) is 11.5 Å². The van der Waals surface area contributed by atoms with Crippen LogP contribution in [0.3, 0.4) is 0 Å². The van der Waals surface area contributed by atoms with Gasteiger partial charge in [-0.1, -0.05) is 322 Å². The molecule has 0 saturated heterocycles. The maximum atomic E-state index is 12.3. The molecule has 4 aromatic rings. The highest BCUT2D eigenvalue weighted by Crippen LogP contribution is 2.73. The average Bonchev–Trinajstić information content (AvgIpc) is 1.52. The molecule has 810 valence electrons. The Morgan fingerprint density at radius 2 is 0.767 bits per heavy atom. The first-order valence-electron chi connectivity index (χ1n) is 61.4. The molecular weight excluding hydrogens is 1840 g/mol. The lowest BCUT2D eigenvalue weighted by molar-refractivity contribution is -0.145. The van der Waals surface area contributed by atoms with Crippen molar-refractivity contribution in [3.8, 4) is 28.7 Å². The normalized spacial score (nSPS) is 38.5. The van der Waals surface area contributed by atoms with Crippen LogP contribution in [0, 0.1) is 225 Å². The number of benzene rings is 4. The van der Waals surface area contributed by atoms with Crippen LogP contribution in [0.25, 0.3) is 0 Å². The van der Waals surface area contributed by atoms with Crippen LogP contribution in [0.1, 0.15) is 361 Å². The van der Waals surface area contributed by atoms with Gasteiger partial charge in [0.25, 0.3) is 0 Å². The largest absolute Gasteiger partial charge is 0.507 e. The highest BCUT2D eigenvalue weighted by Gasteiger charge is 2.66. The molecule has 15 fully saturated rings. The summed E-state index contributed by atoms with van der Waals surface area (Å²) < 4.78 is 21.7. The van der Waals surface area contributed by atoms with Gasteiger partial charge in [-0.05, 0) is 460 Å². The maximum absolute atomic E-state index is 12.3. The number of ether oxygens (including phenoxy) is 4. The minimum Gasteiger partial charge on any atom is -0.507 e. The first-order chi connectivity index (χ1) is 71.3. The first kappa shape index (κ1) is 106. The predicted octanol–water partition coefficient (Wildman–Crippen LogP) is 33.7. The number of allylic oxidation sites excluding steroid dienone is 19. The van der Waals surface area contributed by atoms with E-state index >= 15 is 0 Å². The molecule has 35 unspecified atom stereocenters. The Balaban J connectivity index is 0.000000102. The third-order valence-corrected chi connectivity index (χ3v) is 44.8. The lowest BCUT2D eigenvalue weighted by Crippen LogP contribution is -2.34. The van der Waals surface area contributed by atoms with E-state index in [1.807, 2.05) is 25.1 Å². The lowest BCUT2D eigenvalue weighted by Gasteiger charge is -2.38. The molecular formula is C141H192O9. The van der Waals surface area contributed by atoms with E-state index in [-0.39, 0.29) is 50.3 Å². The Labute approximate surface area is 905 Å². The topological polar surface area (TPSA) is 132 Å². The Kier molecular flexibility index (Phi) is 29.3. The molecule has 0 spiro atoms. The van der Waals surface area contributed by atoms with Crippen LogP contribution in [0.2, 0.25) is 0 Å². The van der Waals surface area contributed by atoms with Crippen molar-refractivity contribution in [2.24, 2.45) is 225 Å². The molecule has 24 aliphatic rings. The summed E-state index contributed by atoms with van der Waals surface area (Å²) in [7, 11) is 1.60. The zero-order valence-electron chi connectivity index (χ0n) is 96.1. The van der Waals surface area contributed by atoms with E-state index in [0.717, 1.165) is 254 Å². The van der Waals surface area contributed by atoms with Crippen molar-refractivity contribution < 1.29 is 43.9 Å². The number of fused-ring (bicyclic) bond motifs is 45. The van der Waals surface area contributed by atoms with Crippen LogP contribution < -0.4 is 9.47 Å². The van der Waals surface area contributed by atoms with Crippen molar-refractivity contribution in [2.75, 3.05) is 20.3 Å². The molecule has 0 amide bonds. The molecule has 0 aromatic heterocycles. The SMILES string of the molecule is C1=CC2C(C1)C1CC2C2C3C=CC(C3)C12.C1=CC2CC1C1C3C=CC(C3)C21.C1=CC2CC1C1C3CC(CCC4CCCCC4)C(C3)C21.C=C(C)OCC1CC2CC1C1C3C=CC(C3)C21.CC(C)(C)c1cc(C(c2cc(C(C)(C)C)c(O)c(C(C)(C)C)c2)C2CC3C=CC2C3)cc(C(C)(C)C)c1O.CC(C)(C)c1cc(CCC(=O)OCC2CC3C=CC2C3)cc(C(C)(C)C)c1O.COc1cc(CC2CC3C=CC2C3)ccc1OC(C)=O. The molecule has 9 heteroatoms. The summed E-state index contributed by atoms with van der Waals surface area (Å²) in [5.74, 6) is 39.0. The molecule has 0 radical (unpaired) electrons. The van der Waals surface area contributed by atoms with Crippen LogP contribution >= 0.6 is 0 Å². The van der Waals surface area contributed by atoms with Gasteiger partial charge < -0.3 is 34.3 Å². The third-order valence-electron chi connectivity index (χ3n) is 44.8. The van der Waals surface area contributed by atoms with Crippen molar-refractivity contribution >= 4 is 11.9 Å². The van der Waals surface area contributed by atoms with Crippen LogP contribution in [0.4, 0.5) is 0 Å². The molecule has 24 aliphatic carbocycles. The van der Waals surface area contributed by atoms with Gasteiger partial charge in [0.2, 0.25) is 0 Å². The second kappa shape index (κ2) is 41.3. The number of hydrogen-bond acceptors (Lipinski definition) is 9. The van der Waals surface area contributed by atoms with Crippen LogP contribution in [0.15, 0.2) is 176 Å². The second-order valence-electron chi connectivity index (χ2n) is 60.2. The van der Waals surface area contributed by atoms with Gasteiger partial charge in [0, 0.05) is 19.3 Å². The van der Waals surface area contributed by atoms with Crippen molar-refractivity contribution in [3.05, 3.63) is 232 Å². The molecule has 0 heterocycles. The van der Waals surface area contributed by atoms with E-state index < -0.39 is 0 Å². The van der Waals surface area contributed by atoms with Crippen molar-refractivity contribution in [2.45, 2.75) is 350 Å². The molecule has 3 N–H and O–H groups in total. The molecule has 22 bridgehead atoms. The van der Waals surface area contributed by atoms with Gasteiger partial charge in [-0.3, -0.25) is 9.59 Å². The number of phenolic OH excluding ortho intramolecular Hbond substituents is 3. The third kappa shape index (κ3) is 20.8. The lowest BCUT2D eigenvalue weighted by atomic mass is 9.66. The van der Waals surface area contributed by atoms with Gasteiger partial charge in [-0.15, -0.1) is 0 Å². The smallest absolute Gasteiger partial charge is 0.308 e. The van der Waals surface area contributed by atoms with Crippen molar-refractivity contribution in [3.63, 3.8) is 0 Å². The van der Waals surface area contributed by atoms with Crippen LogP contribution in [-0.2, 0) is 64.4 Å². The van der Waals surface area contributed by atoms with Gasteiger partial charge >= 0.3 is 11.9 Å². The van der Waals surface area contributed by atoms with Gasteiger partial charge in [-0.2, -0.15) is 0 Å². The Bertz CT molecular complexity index is 5670. The highest BCUT2D eigenvalue weighted by molar-refractivity contribution is 5.71. The number of aryl methyl sites for hydroxylation is 1. The first-order valence-corrected chi connectivity index (χ1v) is 61.4. The van der Waals surface area contributed by atoms with Gasteiger partial charge in [-0.25, -0.2) is 0 Å². The number of carbonyl (C=O) groups excluding carboxylic acids is 2. The number of carbonyl (C=O) groups is 2. The quantitative estimate of drug-likeness (QED) is 0.0293. The number of aromatic hydroxyl groups is 3. The minimum absolute atomic E-state index is 0.116. The minimum atomic E-state index is -0.325. The summed E-state index contributed by atoms with van der Waals surface area (Å²) >= 11 is 0. The van der Waals surface area contributed by atoms with Crippen LogP contribution in [0.5, 0.6) is 28.7 Å². The molecule has 150 heavy (non-hydrogen) atoms.